The second-order valence-electron chi connectivity index (χ2n) is 4.96. The van der Waals surface area contributed by atoms with E-state index in [-0.39, 0.29) is 12.5 Å². The van der Waals surface area contributed by atoms with E-state index in [0.29, 0.717) is 12.5 Å². The summed E-state index contributed by atoms with van der Waals surface area (Å²) < 4.78 is 0. The van der Waals surface area contributed by atoms with Crippen molar-refractivity contribution < 1.29 is 4.79 Å². The molecule has 1 aromatic rings. The first-order chi connectivity index (χ1) is 10.1. The molecule has 0 saturated heterocycles. The normalized spacial score (nSPS) is 11.1. The van der Waals surface area contributed by atoms with Crippen LogP contribution in [0.15, 0.2) is 29.3 Å². The first kappa shape index (κ1) is 17.0. The summed E-state index contributed by atoms with van der Waals surface area (Å²) in [4.78, 5) is 17.7. The molecule has 2 N–H and O–H groups in total. The van der Waals surface area contributed by atoms with E-state index in [0.717, 1.165) is 13.0 Å². The Balaban J connectivity index is 2.69. The average molecular weight is 290 g/mol. The highest BCUT2D eigenvalue weighted by molar-refractivity contribution is 5.86. The molecule has 0 aliphatic carbocycles. The maximum Gasteiger partial charge on any atom is 0.241 e. The summed E-state index contributed by atoms with van der Waals surface area (Å²) in [5.41, 5.74) is 2.53. The third-order valence-corrected chi connectivity index (χ3v) is 3.16. The van der Waals surface area contributed by atoms with E-state index in [1.165, 1.54) is 11.1 Å². The van der Waals surface area contributed by atoms with Gasteiger partial charge < -0.3 is 15.5 Å². The van der Waals surface area contributed by atoms with E-state index in [1.807, 2.05) is 19.1 Å². The molecule has 0 heterocycles. The molecule has 0 aliphatic rings. The smallest absolute Gasteiger partial charge is 0.241 e. The molecule has 0 unspecified atom stereocenters. The van der Waals surface area contributed by atoms with Crippen molar-refractivity contribution >= 4 is 11.9 Å². The maximum atomic E-state index is 11.6. The zero-order valence-corrected chi connectivity index (χ0v) is 13.4. The van der Waals surface area contributed by atoms with Crippen LogP contribution in [-0.4, -0.2) is 44.0 Å². The molecule has 0 bridgehead atoms. The molecule has 0 radical (unpaired) electrons. The zero-order valence-electron chi connectivity index (χ0n) is 13.4. The third-order valence-electron chi connectivity index (χ3n) is 3.16. The van der Waals surface area contributed by atoms with Crippen molar-refractivity contribution in [3.63, 3.8) is 0 Å². The summed E-state index contributed by atoms with van der Waals surface area (Å²) in [6.07, 6.45) is 0.995. The van der Waals surface area contributed by atoms with Crippen LogP contribution in [0.2, 0.25) is 0 Å². The van der Waals surface area contributed by atoms with Crippen molar-refractivity contribution in [2.45, 2.75) is 26.8 Å². The summed E-state index contributed by atoms with van der Waals surface area (Å²) in [7, 11) is 3.48. The van der Waals surface area contributed by atoms with Gasteiger partial charge in [-0.15, -0.1) is 0 Å². The van der Waals surface area contributed by atoms with Crippen molar-refractivity contribution in [1.29, 1.82) is 0 Å². The minimum atomic E-state index is 0.0227. The van der Waals surface area contributed by atoms with Gasteiger partial charge in [0.15, 0.2) is 5.96 Å². The Hall–Kier alpha value is -2.04. The Morgan fingerprint density at radius 3 is 2.38 bits per heavy atom. The number of aliphatic imine (C=N–C) groups is 1. The Kier molecular flexibility index (Phi) is 7.29. The number of carbonyl (C=O) groups is 1. The van der Waals surface area contributed by atoms with Crippen molar-refractivity contribution in [1.82, 2.24) is 15.5 Å². The van der Waals surface area contributed by atoms with Crippen LogP contribution in [0.3, 0.4) is 0 Å². The van der Waals surface area contributed by atoms with E-state index in [1.54, 1.807) is 19.0 Å². The van der Waals surface area contributed by atoms with Crippen molar-refractivity contribution in [3.8, 4) is 0 Å². The molecule has 1 rings (SSSR count). The van der Waals surface area contributed by atoms with Gasteiger partial charge in [0.2, 0.25) is 5.91 Å². The Bertz CT molecular complexity index is 483. The van der Waals surface area contributed by atoms with Crippen LogP contribution >= 0.6 is 0 Å². The second kappa shape index (κ2) is 9.00. The fraction of sp³-hybridized carbons (Fsp3) is 0.500. The van der Waals surface area contributed by atoms with Gasteiger partial charge in [-0.05, 0) is 24.5 Å². The molecule has 5 heteroatoms. The van der Waals surface area contributed by atoms with Gasteiger partial charge in [0.05, 0.1) is 13.1 Å². The summed E-state index contributed by atoms with van der Waals surface area (Å²) >= 11 is 0. The predicted molar refractivity (Wildman–Crippen MR) is 87.3 cm³/mol. The molecule has 0 saturated carbocycles. The number of nitrogens with one attached hydrogen (secondary N) is 2. The minimum Gasteiger partial charge on any atom is -0.357 e. The van der Waals surface area contributed by atoms with E-state index < -0.39 is 0 Å². The first-order valence-corrected chi connectivity index (χ1v) is 7.37. The number of rotatable bonds is 6. The predicted octanol–water partition coefficient (Wildman–Crippen LogP) is 1.39. The van der Waals surface area contributed by atoms with Crippen molar-refractivity contribution in [2.75, 3.05) is 27.2 Å². The second-order valence-corrected chi connectivity index (χ2v) is 4.96. The molecule has 0 fully saturated rings. The highest BCUT2D eigenvalue weighted by atomic mass is 16.2. The third kappa shape index (κ3) is 5.85. The highest BCUT2D eigenvalue weighted by Crippen LogP contribution is 2.10. The number of aryl methyl sites for hydroxylation is 1. The van der Waals surface area contributed by atoms with E-state index in [4.69, 9.17) is 0 Å². The fourth-order valence-electron chi connectivity index (χ4n) is 1.88. The molecule has 21 heavy (non-hydrogen) atoms. The molecular formula is C16H26N4O. The van der Waals surface area contributed by atoms with Crippen LogP contribution in [0.25, 0.3) is 0 Å². The lowest BCUT2D eigenvalue weighted by Crippen LogP contribution is -2.42. The van der Waals surface area contributed by atoms with Gasteiger partial charge in [-0.3, -0.25) is 4.79 Å². The summed E-state index contributed by atoms with van der Waals surface area (Å²) in [5, 5.41) is 6.21. The molecule has 0 aliphatic heterocycles. The molecule has 116 valence electrons. The Labute approximate surface area is 127 Å². The topological polar surface area (TPSA) is 56.7 Å². The quantitative estimate of drug-likeness (QED) is 0.615. The Morgan fingerprint density at radius 1 is 1.14 bits per heavy atom. The SMILES string of the molecule is CCNC(=NCc1ccccc1CC)NCC(=O)N(C)C. The standard InChI is InChI=1S/C16H26N4O/c1-5-13-9-7-8-10-14(13)11-18-16(17-6-2)19-12-15(21)20(3)4/h7-10H,5-6,11-12H2,1-4H3,(H2,17,18,19). The summed E-state index contributed by atoms with van der Waals surface area (Å²) in [5.74, 6) is 0.688. The number of hydrogen-bond donors (Lipinski definition) is 2. The van der Waals surface area contributed by atoms with Crippen LogP contribution in [0.4, 0.5) is 0 Å². The molecule has 1 aromatic carbocycles. The molecule has 1 amide bonds. The van der Waals surface area contributed by atoms with E-state index in [2.05, 4.69) is 34.7 Å². The summed E-state index contributed by atoms with van der Waals surface area (Å²) in [6, 6.07) is 8.29. The van der Waals surface area contributed by atoms with Gasteiger partial charge in [-0.25, -0.2) is 4.99 Å². The van der Waals surface area contributed by atoms with E-state index in [9.17, 15) is 4.79 Å². The van der Waals surface area contributed by atoms with Gasteiger partial charge >= 0.3 is 0 Å². The van der Waals surface area contributed by atoms with Crippen molar-refractivity contribution in [3.05, 3.63) is 35.4 Å². The molecule has 0 spiro atoms. The molecular weight excluding hydrogens is 264 g/mol. The van der Waals surface area contributed by atoms with Crippen LogP contribution in [-0.2, 0) is 17.8 Å². The first-order valence-electron chi connectivity index (χ1n) is 7.37. The largest absolute Gasteiger partial charge is 0.357 e. The lowest BCUT2D eigenvalue weighted by Gasteiger charge is -2.14. The lowest BCUT2D eigenvalue weighted by atomic mass is 10.1. The number of guanidine groups is 1. The van der Waals surface area contributed by atoms with Gasteiger partial charge in [0.1, 0.15) is 0 Å². The highest BCUT2D eigenvalue weighted by Gasteiger charge is 2.05. The van der Waals surface area contributed by atoms with E-state index >= 15 is 0 Å². The van der Waals surface area contributed by atoms with Gasteiger partial charge in [-0.1, -0.05) is 31.2 Å². The zero-order chi connectivity index (χ0) is 15.7. The maximum absolute atomic E-state index is 11.6. The molecule has 0 aromatic heterocycles. The number of carbonyl (C=O) groups excluding carboxylic acids is 1. The minimum absolute atomic E-state index is 0.0227. The fourth-order valence-corrected chi connectivity index (χ4v) is 1.88. The average Bonchev–Trinajstić information content (AvgIpc) is 2.49. The van der Waals surface area contributed by atoms with Crippen LogP contribution < -0.4 is 10.6 Å². The number of hydrogen-bond acceptors (Lipinski definition) is 2. The van der Waals surface area contributed by atoms with Crippen LogP contribution in [0, 0.1) is 0 Å². The summed E-state index contributed by atoms with van der Waals surface area (Å²) in [6.45, 7) is 5.76. The molecule has 0 atom stereocenters. The van der Waals surface area contributed by atoms with Gasteiger partial charge in [-0.2, -0.15) is 0 Å². The number of amides is 1. The van der Waals surface area contributed by atoms with Gasteiger partial charge in [0.25, 0.3) is 0 Å². The van der Waals surface area contributed by atoms with Crippen LogP contribution in [0.5, 0.6) is 0 Å². The van der Waals surface area contributed by atoms with Crippen LogP contribution in [0.1, 0.15) is 25.0 Å². The monoisotopic (exact) mass is 290 g/mol. The van der Waals surface area contributed by atoms with Gasteiger partial charge in [0, 0.05) is 20.6 Å². The van der Waals surface area contributed by atoms with Crippen molar-refractivity contribution in [2.24, 2.45) is 4.99 Å². The molecule has 5 nitrogen and oxygen atoms in total. The number of benzene rings is 1. The number of nitrogens with zero attached hydrogens (tertiary/aromatic N) is 2. The Morgan fingerprint density at radius 2 is 1.81 bits per heavy atom. The number of likely N-dealkylation sites (N-methyl/N-ethyl adjacent to an activating group) is 1. The lowest BCUT2D eigenvalue weighted by molar-refractivity contribution is -0.127.